The summed E-state index contributed by atoms with van der Waals surface area (Å²) in [5.74, 6) is 1.25. The monoisotopic (exact) mass is 234 g/mol. The first kappa shape index (κ1) is 11.5. The van der Waals surface area contributed by atoms with E-state index in [4.69, 9.17) is 14.2 Å². The van der Waals surface area contributed by atoms with Gasteiger partial charge in [0.2, 0.25) is 0 Å². The summed E-state index contributed by atoms with van der Waals surface area (Å²) >= 11 is 0. The van der Waals surface area contributed by atoms with Gasteiger partial charge in [-0.25, -0.2) is 0 Å². The predicted octanol–water partition coefficient (Wildman–Crippen LogP) is 1.48. The molecule has 5 nitrogen and oxygen atoms in total. The molecule has 0 fully saturated rings. The van der Waals surface area contributed by atoms with Gasteiger partial charge in [0.15, 0.2) is 12.1 Å². The number of amidine groups is 1. The van der Waals surface area contributed by atoms with E-state index >= 15 is 0 Å². The first-order valence-corrected chi connectivity index (χ1v) is 5.18. The molecule has 1 heterocycles. The molecule has 0 aromatic heterocycles. The van der Waals surface area contributed by atoms with Crippen molar-refractivity contribution in [2.24, 2.45) is 4.99 Å². The van der Waals surface area contributed by atoms with Crippen LogP contribution in [0.4, 0.5) is 0 Å². The van der Waals surface area contributed by atoms with Crippen molar-refractivity contribution in [3.8, 4) is 5.75 Å². The van der Waals surface area contributed by atoms with Gasteiger partial charge in [-0.2, -0.15) is 4.99 Å². The number of benzene rings is 1. The van der Waals surface area contributed by atoms with Crippen LogP contribution in [-0.2, 0) is 9.47 Å². The van der Waals surface area contributed by atoms with Gasteiger partial charge in [0.1, 0.15) is 5.75 Å². The summed E-state index contributed by atoms with van der Waals surface area (Å²) in [6.45, 7) is 0. The highest BCUT2D eigenvalue weighted by Crippen LogP contribution is 2.12. The highest BCUT2D eigenvalue weighted by atomic mass is 16.5. The Morgan fingerprint density at radius 3 is 2.59 bits per heavy atom. The van der Waals surface area contributed by atoms with Gasteiger partial charge < -0.3 is 14.2 Å². The molecule has 1 aromatic carbocycles. The van der Waals surface area contributed by atoms with E-state index in [1.54, 1.807) is 20.3 Å². The second kappa shape index (κ2) is 5.36. The summed E-state index contributed by atoms with van der Waals surface area (Å²) < 4.78 is 15.8. The molecule has 2 rings (SSSR count). The standard InChI is InChI=1S/C12H14N2O3/c1-15-10-8-11(16-2)14-12(13-10)17-9-6-4-3-5-7-9/h3-8,10H,1-2H3,(H,13,14). The first-order chi connectivity index (χ1) is 8.31. The minimum Gasteiger partial charge on any atom is -0.482 e. The molecule has 1 aliphatic rings. The van der Waals surface area contributed by atoms with Gasteiger partial charge in [-0.15, -0.1) is 0 Å². The number of ether oxygens (including phenoxy) is 3. The van der Waals surface area contributed by atoms with Gasteiger partial charge in [-0.1, -0.05) is 18.2 Å². The lowest BCUT2D eigenvalue weighted by atomic mass is 10.3. The Kier molecular flexibility index (Phi) is 3.62. The van der Waals surface area contributed by atoms with Crippen LogP contribution in [0.25, 0.3) is 0 Å². The van der Waals surface area contributed by atoms with Crippen LogP contribution in [0.2, 0.25) is 0 Å². The van der Waals surface area contributed by atoms with E-state index in [0.29, 0.717) is 17.7 Å². The van der Waals surface area contributed by atoms with E-state index in [1.807, 2.05) is 30.3 Å². The third-order valence-electron chi connectivity index (χ3n) is 2.19. The Labute approximate surface area is 99.7 Å². The van der Waals surface area contributed by atoms with Crippen LogP contribution in [-0.4, -0.2) is 26.5 Å². The lowest BCUT2D eigenvalue weighted by Crippen LogP contribution is -2.34. The molecule has 1 aliphatic heterocycles. The fraction of sp³-hybridized carbons (Fsp3) is 0.250. The van der Waals surface area contributed by atoms with Crippen LogP contribution in [0.3, 0.4) is 0 Å². The highest BCUT2D eigenvalue weighted by molar-refractivity contribution is 5.78. The molecule has 1 atom stereocenters. The molecule has 1 N–H and O–H groups in total. The topological polar surface area (TPSA) is 52.1 Å². The van der Waals surface area contributed by atoms with E-state index in [2.05, 4.69) is 10.3 Å². The van der Waals surface area contributed by atoms with E-state index in [1.165, 1.54) is 0 Å². The Morgan fingerprint density at radius 1 is 1.18 bits per heavy atom. The molecule has 17 heavy (non-hydrogen) atoms. The first-order valence-electron chi connectivity index (χ1n) is 5.18. The smallest absolute Gasteiger partial charge is 0.299 e. The number of nitrogens with one attached hydrogen (secondary N) is 1. The van der Waals surface area contributed by atoms with Crippen LogP contribution in [0.15, 0.2) is 47.3 Å². The van der Waals surface area contributed by atoms with Crippen molar-refractivity contribution in [2.75, 3.05) is 14.2 Å². The molecule has 0 amide bonds. The Morgan fingerprint density at radius 2 is 1.94 bits per heavy atom. The van der Waals surface area contributed by atoms with Crippen molar-refractivity contribution >= 4 is 6.02 Å². The average molecular weight is 234 g/mol. The lowest BCUT2D eigenvalue weighted by molar-refractivity contribution is 0.134. The highest BCUT2D eigenvalue weighted by Gasteiger charge is 2.16. The summed E-state index contributed by atoms with van der Waals surface area (Å²) in [5.41, 5.74) is 0. The maximum atomic E-state index is 5.56. The zero-order chi connectivity index (χ0) is 12.1. The molecule has 1 aromatic rings. The molecule has 0 saturated carbocycles. The molecule has 0 spiro atoms. The third kappa shape index (κ3) is 2.98. The van der Waals surface area contributed by atoms with Gasteiger partial charge in [0, 0.05) is 13.2 Å². The predicted molar refractivity (Wildman–Crippen MR) is 63.5 cm³/mol. The molecule has 0 saturated heterocycles. The zero-order valence-corrected chi connectivity index (χ0v) is 9.71. The third-order valence-corrected chi connectivity index (χ3v) is 2.19. The van der Waals surface area contributed by atoms with Crippen LogP contribution in [0, 0.1) is 0 Å². The lowest BCUT2D eigenvalue weighted by Gasteiger charge is -2.19. The molecule has 90 valence electrons. The largest absolute Gasteiger partial charge is 0.482 e. The van der Waals surface area contributed by atoms with Crippen molar-refractivity contribution in [2.45, 2.75) is 6.23 Å². The number of hydrogen-bond acceptors (Lipinski definition) is 5. The average Bonchev–Trinajstić information content (AvgIpc) is 2.39. The van der Waals surface area contributed by atoms with Gasteiger partial charge in [0.25, 0.3) is 6.02 Å². The Bertz CT molecular complexity index is 429. The summed E-state index contributed by atoms with van der Waals surface area (Å²) in [7, 11) is 3.14. The molecule has 0 aliphatic carbocycles. The Balaban J connectivity index is 2.09. The quantitative estimate of drug-likeness (QED) is 0.860. The fourth-order valence-electron chi connectivity index (χ4n) is 1.35. The zero-order valence-electron chi connectivity index (χ0n) is 9.71. The van der Waals surface area contributed by atoms with Crippen LogP contribution < -0.4 is 10.1 Å². The maximum Gasteiger partial charge on any atom is 0.299 e. The minimum atomic E-state index is -0.398. The summed E-state index contributed by atoms with van der Waals surface area (Å²) in [5, 5.41) is 2.90. The number of nitrogens with zero attached hydrogens (tertiary/aromatic N) is 1. The molecular weight excluding hydrogens is 220 g/mol. The van der Waals surface area contributed by atoms with E-state index < -0.39 is 6.23 Å². The second-order valence-corrected chi connectivity index (χ2v) is 3.34. The van der Waals surface area contributed by atoms with Crippen molar-refractivity contribution < 1.29 is 14.2 Å². The van der Waals surface area contributed by atoms with Crippen LogP contribution in [0.5, 0.6) is 5.75 Å². The van der Waals surface area contributed by atoms with Gasteiger partial charge >= 0.3 is 0 Å². The normalized spacial score (nSPS) is 18.8. The fourth-order valence-corrected chi connectivity index (χ4v) is 1.35. The van der Waals surface area contributed by atoms with Crippen molar-refractivity contribution in [3.63, 3.8) is 0 Å². The van der Waals surface area contributed by atoms with Crippen molar-refractivity contribution in [3.05, 3.63) is 42.3 Å². The van der Waals surface area contributed by atoms with Crippen LogP contribution >= 0.6 is 0 Å². The van der Waals surface area contributed by atoms with E-state index in [-0.39, 0.29) is 0 Å². The van der Waals surface area contributed by atoms with E-state index in [0.717, 1.165) is 0 Å². The molecule has 5 heteroatoms. The summed E-state index contributed by atoms with van der Waals surface area (Å²) in [6, 6.07) is 9.73. The van der Waals surface area contributed by atoms with Gasteiger partial charge in [-0.05, 0) is 12.1 Å². The molecule has 0 bridgehead atoms. The molecule has 1 unspecified atom stereocenters. The Hall–Kier alpha value is -2.01. The molecular formula is C12H14N2O3. The number of para-hydroxylation sites is 1. The molecule has 0 radical (unpaired) electrons. The second-order valence-electron chi connectivity index (χ2n) is 3.34. The number of hydrogen-bond donors (Lipinski definition) is 1. The maximum absolute atomic E-state index is 5.56. The summed E-state index contributed by atoms with van der Waals surface area (Å²) in [6.07, 6.45) is 1.32. The summed E-state index contributed by atoms with van der Waals surface area (Å²) in [4.78, 5) is 4.20. The van der Waals surface area contributed by atoms with Crippen molar-refractivity contribution in [1.82, 2.24) is 5.32 Å². The van der Waals surface area contributed by atoms with Crippen molar-refractivity contribution in [1.29, 1.82) is 0 Å². The van der Waals surface area contributed by atoms with E-state index in [9.17, 15) is 0 Å². The number of aliphatic imine (C=N–C) groups is 1. The SMILES string of the molecule is COC1=CC(OC)N=C(Oc2ccccc2)N1. The number of methoxy groups -OCH3 is 2. The number of rotatable bonds is 3. The van der Waals surface area contributed by atoms with Gasteiger partial charge in [0.05, 0.1) is 7.11 Å². The van der Waals surface area contributed by atoms with Crippen LogP contribution in [0.1, 0.15) is 0 Å². The minimum absolute atomic E-state index is 0.349. The van der Waals surface area contributed by atoms with Gasteiger partial charge in [-0.3, -0.25) is 5.32 Å².